The molecule has 0 aromatic rings. The Morgan fingerprint density at radius 1 is 0.923 bits per heavy atom. The van der Waals surface area contributed by atoms with E-state index in [-0.39, 0.29) is 0 Å². The number of nitrogens with one attached hydrogen (secondary N) is 1. The summed E-state index contributed by atoms with van der Waals surface area (Å²) >= 11 is 0. The summed E-state index contributed by atoms with van der Waals surface area (Å²) in [5.41, 5.74) is 0. The Morgan fingerprint density at radius 3 is 1.92 bits per heavy atom. The van der Waals surface area contributed by atoms with Gasteiger partial charge in [0.15, 0.2) is 0 Å². The minimum Gasteiger partial charge on any atom is -0.314 e. The van der Waals surface area contributed by atoms with Gasteiger partial charge in [-0.15, -0.1) is 0 Å². The van der Waals surface area contributed by atoms with Gasteiger partial charge in [0.25, 0.3) is 0 Å². The van der Waals surface area contributed by atoms with Gasteiger partial charge < -0.3 is 5.32 Å². The highest BCUT2D eigenvalue weighted by Crippen LogP contribution is 2.53. The summed E-state index contributed by atoms with van der Waals surface area (Å²) in [4.78, 5) is 0. The third-order valence-corrected chi connectivity index (χ3v) is 4.67. The van der Waals surface area contributed by atoms with Crippen molar-refractivity contribution in [3.8, 4) is 0 Å². The maximum Gasteiger partial charge on any atom is 0.0124 e. The highest BCUT2D eigenvalue weighted by atomic mass is 14.9. The molecule has 1 N–H and O–H groups in total. The smallest absolute Gasteiger partial charge is 0.0124 e. The van der Waals surface area contributed by atoms with Gasteiger partial charge in [0, 0.05) is 6.04 Å². The van der Waals surface area contributed by atoms with Gasteiger partial charge >= 0.3 is 0 Å². The standard InChI is InChI=1S/C12H21N/c1-2-13-12-10-4-8-3-9(6-10)7-11(12)5-8/h8-13H,2-7H2,1H3. The molecule has 4 aliphatic rings. The van der Waals surface area contributed by atoms with Crippen LogP contribution in [0.15, 0.2) is 0 Å². The lowest BCUT2D eigenvalue weighted by molar-refractivity contribution is -0.0129. The van der Waals surface area contributed by atoms with Crippen LogP contribution in [0.2, 0.25) is 0 Å². The largest absolute Gasteiger partial charge is 0.314 e. The Hall–Kier alpha value is -0.0400. The first-order valence-corrected chi connectivity index (χ1v) is 6.10. The number of hydrogen-bond acceptors (Lipinski definition) is 1. The minimum absolute atomic E-state index is 0.901. The van der Waals surface area contributed by atoms with Crippen LogP contribution in [0.4, 0.5) is 0 Å². The van der Waals surface area contributed by atoms with E-state index in [2.05, 4.69) is 12.2 Å². The Kier molecular flexibility index (Phi) is 1.90. The lowest BCUT2D eigenvalue weighted by atomic mass is 9.54. The second kappa shape index (κ2) is 2.98. The van der Waals surface area contributed by atoms with E-state index in [1.165, 1.54) is 6.54 Å². The summed E-state index contributed by atoms with van der Waals surface area (Å²) in [5, 5.41) is 3.73. The molecule has 74 valence electrons. The van der Waals surface area contributed by atoms with Crippen molar-refractivity contribution in [1.29, 1.82) is 0 Å². The van der Waals surface area contributed by atoms with Crippen LogP contribution in [0.3, 0.4) is 0 Å². The van der Waals surface area contributed by atoms with Crippen molar-refractivity contribution in [3.63, 3.8) is 0 Å². The van der Waals surface area contributed by atoms with E-state index in [1.54, 1.807) is 32.1 Å². The van der Waals surface area contributed by atoms with Crippen molar-refractivity contribution in [1.82, 2.24) is 5.32 Å². The van der Waals surface area contributed by atoms with Gasteiger partial charge in [-0.05, 0) is 62.3 Å². The first-order chi connectivity index (χ1) is 6.36. The second-order valence-electron chi connectivity index (χ2n) is 5.51. The molecule has 0 radical (unpaired) electrons. The van der Waals surface area contributed by atoms with Crippen molar-refractivity contribution >= 4 is 0 Å². The molecule has 1 heteroatoms. The molecule has 0 aromatic carbocycles. The van der Waals surface area contributed by atoms with Gasteiger partial charge in [-0.1, -0.05) is 6.92 Å². The second-order valence-corrected chi connectivity index (χ2v) is 5.51. The Bertz CT molecular complexity index is 171. The maximum absolute atomic E-state index is 3.73. The zero-order valence-corrected chi connectivity index (χ0v) is 8.63. The molecule has 4 aliphatic carbocycles. The van der Waals surface area contributed by atoms with Crippen molar-refractivity contribution in [2.45, 2.75) is 45.1 Å². The lowest BCUT2D eigenvalue weighted by Gasteiger charge is -2.54. The van der Waals surface area contributed by atoms with Crippen LogP contribution in [0.25, 0.3) is 0 Å². The fourth-order valence-corrected chi connectivity index (χ4v) is 4.49. The van der Waals surface area contributed by atoms with Crippen LogP contribution in [-0.4, -0.2) is 12.6 Å². The molecule has 13 heavy (non-hydrogen) atoms. The van der Waals surface area contributed by atoms with Crippen molar-refractivity contribution in [2.24, 2.45) is 23.7 Å². The molecule has 0 atom stereocenters. The average molecular weight is 179 g/mol. The van der Waals surface area contributed by atoms with E-state index in [9.17, 15) is 0 Å². The first-order valence-electron chi connectivity index (χ1n) is 6.10. The topological polar surface area (TPSA) is 12.0 Å². The molecule has 0 unspecified atom stereocenters. The molecular weight excluding hydrogens is 158 g/mol. The van der Waals surface area contributed by atoms with Crippen molar-refractivity contribution in [2.75, 3.05) is 6.54 Å². The normalized spacial score (nSPS) is 52.8. The number of hydrogen-bond donors (Lipinski definition) is 1. The molecule has 4 bridgehead atoms. The van der Waals surface area contributed by atoms with Gasteiger partial charge in [0.05, 0.1) is 0 Å². The Balaban J connectivity index is 1.77. The summed E-state index contributed by atoms with van der Waals surface area (Å²) in [7, 11) is 0. The molecule has 4 saturated carbocycles. The highest BCUT2D eigenvalue weighted by Gasteiger charge is 2.47. The molecule has 0 amide bonds. The van der Waals surface area contributed by atoms with Gasteiger partial charge in [0.2, 0.25) is 0 Å². The summed E-state index contributed by atoms with van der Waals surface area (Å²) in [6, 6.07) is 0.901. The van der Waals surface area contributed by atoms with E-state index in [0.29, 0.717) is 0 Å². The average Bonchev–Trinajstić information content (AvgIpc) is 2.10. The molecule has 0 heterocycles. The van der Waals surface area contributed by atoms with Crippen LogP contribution in [0.1, 0.15) is 39.0 Å². The van der Waals surface area contributed by atoms with Crippen LogP contribution in [0, 0.1) is 23.7 Å². The van der Waals surface area contributed by atoms with E-state index >= 15 is 0 Å². The van der Waals surface area contributed by atoms with Gasteiger partial charge in [-0.3, -0.25) is 0 Å². The highest BCUT2D eigenvalue weighted by molar-refractivity contribution is 5.01. The lowest BCUT2D eigenvalue weighted by Crippen LogP contribution is -2.54. The van der Waals surface area contributed by atoms with E-state index < -0.39 is 0 Å². The molecule has 4 rings (SSSR count). The van der Waals surface area contributed by atoms with Crippen LogP contribution in [-0.2, 0) is 0 Å². The van der Waals surface area contributed by atoms with E-state index in [0.717, 1.165) is 29.7 Å². The fourth-order valence-electron chi connectivity index (χ4n) is 4.49. The van der Waals surface area contributed by atoms with Crippen LogP contribution >= 0.6 is 0 Å². The number of rotatable bonds is 2. The zero-order chi connectivity index (χ0) is 8.84. The molecule has 0 aliphatic heterocycles. The molecule has 0 saturated heterocycles. The summed E-state index contributed by atoms with van der Waals surface area (Å²) in [5.74, 6) is 4.35. The molecule has 1 nitrogen and oxygen atoms in total. The predicted molar refractivity (Wildman–Crippen MR) is 54.5 cm³/mol. The Labute approximate surface area is 81.3 Å². The summed E-state index contributed by atoms with van der Waals surface area (Å²) in [6.45, 7) is 3.43. The molecule has 0 aromatic heterocycles. The van der Waals surface area contributed by atoms with E-state index in [1.807, 2.05) is 0 Å². The van der Waals surface area contributed by atoms with Gasteiger partial charge in [-0.25, -0.2) is 0 Å². The fraction of sp³-hybridized carbons (Fsp3) is 1.00. The molecule has 0 spiro atoms. The van der Waals surface area contributed by atoms with Crippen molar-refractivity contribution in [3.05, 3.63) is 0 Å². The maximum atomic E-state index is 3.73. The minimum atomic E-state index is 0.901. The van der Waals surface area contributed by atoms with Crippen LogP contribution < -0.4 is 5.32 Å². The Morgan fingerprint density at radius 2 is 1.46 bits per heavy atom. The van der Waals surface area contributed by atoms with E-state index in [4.69, 9.17) is 0 Å². The van der Waals surface area contributed by atoms with Gasteiger partial charge in [-0.2, -0.15) is 0 Å². The van der Waals surface area contributed by atoms with Crippen molar-refractivity contribution < 1.29 is 0 Å². The third kappa shape index (κ3) is 1.24. The van der Waals surface area contributed by atoms with Crippen LogP contribution in [0.5, 0.6) is 0 Å². The quantitative estimate of drug-likeness (QED) is 0.686. The third-order valence-electron chi connectivity index (χ3n) is 4.67. The monoisotopic (exact) mass is 179 g/mol. The SMILES string of the molecule is CCNC1C2CC3CC(C2)CC1C3. The summed E-state index contributed by atoms with van der Waals surface area (Å²) in [6.07, 6.45) is 7.76. The zero-order valence-electron chi connectivity index (χ0n) is 8.63. The molecular formula is C12H21N. The van der Waals surface area contributed by atoms with Gasteiger partial charge in [0.1, 0.15) is 0 Å². The summed E-state index contributed by atoms with van der Waals surface area (Å²) < 4.78 is 0. The first kappa shape index (κ1) is 8.28. The molecule has 4 fully saturated rings. The predicted octanol–water partition coefficient (Wildman–Crippen LogP) is 2.42.